The molecule has 0 atom stereocenters. The van der Waals surface area contributed by atoms with Crippen molar-refractivity contribution in [2.24, 2.45) is 0 Å². The summed E-state index contributed by atoms with van der Waals surface area (Å²) in [5.74, 6) is -0.227. The third-order valence-electron chi connectivity index (χ3n) is 2.28. The van der Waals surface area contributed by atoms with Gasteiger partial charge >= 0.3 is 29.6 Å². The molecule has 2 aromatic rings. The van der Waals surface area contributed by atoms with Crippen LogP contribution in [0.4, 0.5) is 11.6 Å². The Bertz CT molecular complexity index is 705. The van der Waals surface area contributed by atoms with E-state index >= 15 is 0 Å². The zero-order valence-corrected chi connectivity index (χ0v) is 14.4. The molecule has 104 valence electrons. The number of sulfonamides is 1. The van der Waals surface area contributed by atoms with E-state index in [1.807, 2.05) is 0 Å². The quantitative estimate of drug-likeness (QED) is 0.651. The number of hydrogen-bond acceptors (Lipinski definition) is 5. The Hall–Kier alpha value is -1.48. The molecule has 1 aromatic heterocycles. The van der Waals surface area contributed by atoms with Crippen molar-refractivity contribution in [1.29, 1.82) is 0 Å². The molecule has 1 amide bonds. The van der Waals surface area contributed by atoms with E-state index in [9.17, 15) is 13.2 Å². The fraction of sp³-hybridized carbons (Fsp3) is 0.0833. The second kappa shape index (κ2) is 7.51. The van der Waals surface area contributed by atoms with Crippen LogP contribution >= 0.6 is 0 Å². The van der Waals surface area contributed by atoms with Crippen molar-refractivity contribution in [2.45, 2.75) is 11.8 Å². The minimum Gasteiger partial charge on any atom is -0.326 e. The van der Waals surface area contributed by atoms with Crippen molar-refractivity contribution < 1.29 is 42.8 Å². The van der Waals surface area contributed by atoms with Gasteiger partial charge in [0.25, 0.3) is 10.0 Å². The van der Waals surface area contributed by atoms with Crippen LogP contribution in [0.15, 0.2) is 47.6 Å². The van der Waals surface area contributed by atoms with Crippen molar-refractivity contribution in [3.8, 4) is 0 Å². The van der Waals surface area contributed by atoms with E-state index in [2.05, 4.69) is 20.0 Å². The van der Waals surface area contributed by atoms with Gasteiger partial charge in [0.05, 0.1) is 4.90 Å². The maximum atomic E-state index is 12.1. The zero-order chi connectivity index (χ0) is 14.6. The summed E-state index contributed by atoms with van der Waals surface area (Å²) in [6.45, 7) is 1.37. The van der Waals surface area contributed by atoms with Crippen LogP contribution in [0.5, 0.6) is 0 Å². The van der Waals surface area contributed by atoms with Gasteiger partial charge in [0.2, 0.25) is 11.9 Å². The van der Waals surface area contributed by atoms with Crippen molar-refractivity contribution in [3.63, 3.8) is 0 Å². The van der Waals surface area contributed by atoms with E-state index in [0.717, 1.165) is 0 Å². The molecule has 1 aromatic carbocycles. The van der Waals surface area contributed by atoms with Crippen LogP contribution in [0.3, 0.4) is 0 Å². The number of carbonyl (C=O) groups is 1. The topological polar surface area (TPSA) is 101 Å². The Labute approximate surface area is 144 Å². The van der Waals surface area contributed by atoms with E-state index in [0.29, 0.717) is 5.69 Å². The van der Waals surface area contributed by atoms with Crippen LogP contribution in [0.25, 0.3) is 0 Å². The van der Waals surface area contributed by atoms with E-state index < -0.39 is 10.0 Å². The fourth-order valence-electron chi connectivity index (χ4n) is 1.45. The first-order valence-electron chi connectivity index (χ1n) is 5.65. The SMILES string of the molecule is CC(=O)Nc1ccc(S(=O)(=O)Nc2ncccn2)cc1.[Na+]. The Morgan fingerprint density at radius 2 is 1.67 bits per heavy atom. The molecule has 0 fully saturated rings. The Kier molecular flexibility index (Phi) is 6.28. The molecule has 9 heteroatoms. The minimum atomic E-state index is -3.75. The molecular weight excluding hydrogens is 303 g/mol. The monoisotopic (exact) mass is 315 g/mol. The van der Waals surface area contributed by atoms with Crippen LogP contribution in [-0.2, 0) is 14.8 Å². The van der Waals surface area contributed by atoms with Gasteiger partial charge in [-0.2, -0.15) is 0 Å². The van der Waals surface area contributed by atoms with Gasteiger partial charge < -0.3 is 5.32 Å². The van der Waals surface area contributed by atoms with Gasteiger partial charge in [0.1, 0.15) is 0 Å². The molecule has 0 aliphatic heterocycles. The number of rotatable bonds is 4. The number of amides is 1. The van der Waals surface area contributed by atoms with Gasteiger partial charge in [-0.3, -0.25) is 4.79 Å². The smallest absolute Gasteiger partial charge is 0.326 e. The zero-order valence-electron chi connectivity index (χ0n) is 11.6. The third kappa shape index (κ3) is 5.09. The number of nitrogens with zero attached hydrogens (tertiary/aromatic N) is 2. The van der Waals surface area contributed by atoms with Crippen molar-refractivity contribution >= 4 is 27.6 Å². The molecule has 2 rings (SSSR count). The number of aromatic nitrogens is 2. The first-order valence-corrected chi connectivity index (χ1v) is 7.13. The fourth-order valence-corrected chi connectivity index (χ4v) is 2.41. The minimum absolute atomic E-state index is 0. The summed E-state index contributed by atoms with van der Waals surface area (Å²) < 4.78 is 26.4. The molecule has 0 bridgehead atoms. The van der Waals surface area contributed by atoms with Crippen LogP contribution in [0.2, 0.25) is 0 Å². The maximum absolute atomic E-state index is 12.1. The van der Waals surface area contributed by atoms with Gasteiger partial charge in [0.15, 0.2) is 0 Å². The van der Waals surface area contributed by atoms with E-state index in [4.69, 9.17) is 0 Å². The second-order valence-corrected chi connectivity index (χ2v) is 5.57. The Morgan fingerprint density at radius 1 is 1.10 bits per heavy atom. The molecule has 0 aliphatic carbocycles. The summed E-state index contributed by atoms with van der Waals surface area (Å²) in [5, 5.41) is 2.55. The van der Waals surface area contributed by atoms with Gasteiger partial charge in [-0.05, 0) is 30.3 Å². The maximum Gasteiger partial charge on any atom is 1.00 e. The normalized spacial score (nSPS) is 10.3. The summed E-state index contributed by atoms with van der Waals surface area (Å²) in [6.07, 6.45) is 2.87. The van der Waals surface area contributed by atoms with E-state index in [-0.39, 0.29) is 46.3 Å². The van der Waals surface area contributed by atoms with Gasteiger partial charge in [-0.15, -0.1) is 0 Å². The number of hydrogen-bond donors (Lipinski definition) is 2. The van der Waals surface area contributed by atoms with E-state index in [1.165, 1.54) is 43.6 Å². The number of anilines is 2. The molecule has 0 unspecified atom stereocenters. The second-order valence-electron chi connectivity index (χ2n) is 3.88. The number of carbonyl (C=O) groups excluding carboxylic acids is 1. The molecule has 1 heterocycles. The van der Waals surface area contributed by atoms with Crippen molar-refractivity contribution in [2.75, 3.05) is 10.0 Å². The number of benzene rings is 1. The van der Waals surface area contributed by atoms with Crippen molar-refractivity contribution in [3.05, 3.63) is 42.7 Å². The molecule has 7 nitrogen and oxygen atoms in total. The summed E-state index contributed by atoms with van der Waals surface area (Å²) >= 11 is 0. The molecule has 0 saturated heterocycles. The van der Waals surface area contributed by atoms with Crippen LogP contribution in [0, 0.1) is 0 Å². The van der Waals surface area contributed by atoms with E-state index in [1.54, 1.807) is 6.07 Å². The molecule has 0 spiro atoms. The first kappa shape index (κ1) is 17.6. The largest absolute Gasteiger partial charge is 1.00 e. The third-order valence-corrected chi connectivity index (χ3v) is 3.62. The van der Waals surface area contributed by atoms with Crippen molar-refractivity contribution in [1.82, 2.24) is 9.97 Å². The van der Waals surface area contributed by atoms with Crippen LogP contribution in [0.1, 0.15) is 6.92 Å². The van der Waals surface area contributed by atoms with Gasteiger partial charge in [-0.1, -0.05) is 0 Å². The molecule has 2 N–H and O–H groups in total. The molecule has 0 aliphatic rings. The Morgan fingerprint density at radius 3 is 2.19 bits per heavy atom. The molecule has 21 heavy (non-hydrogen) atoms. The summed E-state index contributed by atoms with van der Waals surface area (Å²) in [6, 6.07) is 7.36. The Balaban J connectivity index is 0.00000220. The average molecular weight is 315 g/mol. The summed E-state index contributed by atoms with van der Waals surface area (Å²) in [5.41, 5.74) is 0.521. The molecular formula is C12H12N4NaO3S+. The summed E-state index contributed by atoms with van der Waals surface area (Å²) in [7, 11) is -3.75. The van der Waals surface area contributed by atoms with Crippen LogP contribution in [-0.4, -0.2) is 24.3 Å². The molecule has 0 saturated carbocycles. The predicted octanol–water partition coefficient (Wildman–Crippen LogP) is -1.76. The number of nitrogens with one attached hydrogen (secondary N) is 2. The predicted molar refractivity (Wildman–Crippen MR) is 73.6 cm³/mol. The average Bonchev–Trinajstić information content (AvgIpc) is 2.39. The summed E-state index contributed by atoms with van der Waals surface area (Å²) in [4.78, 5) is 18.5. The van der Waals surface area contributed by atoms with Gasteiger partial charge in [-0.25, -0.2) is 23.1 Å². The van der Waals surface area contributed by atoms with Gasteiger partial charge in [0, 0.05) is 25.0 Å². The molecule has 0 radical (unpaired) electrons. The standard InChI is InChI=1S/C12H12N4O3S.Na/c1-9(17)15-10-3-5-11(6-4-10)20(18,19)16-12-13-7-2-8-14-12;/h2-8H,1H3,(H,15,17)(H,13,14,16);/q;+1. The first-order chi connectivity index (χ1) is 9.47. The van der Waals surface area contributed by atoms with Crippen LogP contribution < -0.4 is 39.6 Å².